The molecule has 2 unspecified atom stereocenters. The highest BCUT2D eigenvalue weighted by molar-refractivity contribution is 5.83. The summed E-state index contributed by atoms with van der Waals surface area (Å²) in [5, 5.41) is 10.3. The van der Waals surface area contributed by atoms with Crippen LogP contribution in [-0.2, 0) is 16.6 Å². The zero-order valence-electron chi connectivity index (χ0n) is 12.4. The molecule has 2 N–H and O–H groups in total. The van der Waals surface area contributed by atoms with Gasteiger partial charge in [0.2, 0.25) is 5.91 Å². The Labute approximate surface area is 119 Å². The molecule has 0 aromatic carbocycles. The van der Waals surface area contributed by atoms with Crippen LogP contribution in [0.3, 0.4) is 0 Å². The molecule has 112 valence electrons. The summed E-state index contributed by atoms with van der Waals surface area (Å²) in [5.41, 5.74) is 0.881. The number of hydrogen-bond acceptors (Lipinski definition) is 4. The van der Waals surface area contributed by atoms with E-state index in [-0.39, 0.29) is 18.0 Å². The average Bonchev–Trinajstić information content (AvgIpc) is 2.87. The SMILES string of the molecule is CNC(C(=O)NC(C)C1CCOCC1)c1cnn(C)c1. The molecule has 1 aliphatic rings. The van der Waals surface area contributed by atoms with E-state index in [0.717, 1.165) is 31.6 Å². The molecule has 1 saturated heterocycles. The lowest BCUT2D eigenvalue weighted by atomic mass is 9.92. The molecular weight excluding hydrogens is 256 g/mol. The molecule has 6 nitrogen and oxygen atoms in total. The minimum absolute atomic E-state index is 0.000471. The second kappa shape index (κ2) is 6.85. The van der Waals surface area contributed by atoms with E-state index in [0.29, 0.717) is 5.92 Å². The van der Waals surface area contributed by atoms with E-state index in [1.165, 1.54) is 0 Å². The van der Waals surface area contributed by atoms with Gasteiger partial charge in [0.15, 0.2) is 0 Å². The van der Waals surface area contributed by atoms with Gasteiger partial charge in [-0.3, -0.25) is 9.48 Å². The standard InChI is InChI=1S/C14H24N4O2/c1-10(11-4-6-20-7-5-11)17-14(19)13(15-2)12-8-16-18(3)9-12/h8-11,13,15H,4-7H2,1-3H3,(H,17,19). The van der Waals surface area contributed by atoms with Crippen LogP contribution in [-0.4, -0.2) is 42.0 Å². The quantitative estimate of drug-likeness (QED) is 0.829. The summed E-state index contributed by atoms with van der Waals surface area (Å²) in [5.74, 6) is 0.499. The van der Waals surface area contributed by atoms with E-state index in [9.17, 15) is 4.79 Å². The average molecular weight is 280 g/mol. The van der Waals surface area contributed by atoms with Gasteiger partial charge in [0.25, 0.3) is 0 Å². The molecule has 2 atom stereocenters. The van der Waals surface area contributed by atoms with Gasteiger partial charge in [0.1, 0.15) is 6.04 Å². The summed E-state index contributed by atoms with van der Waals surface area (Å²) in [6.07, 6.45) is 5.61. The molecule has 0 bridgehead atoms. The number of nitrogens with zero attached hydrogens (tertiary/aromatic N) is 2. The van der Waals surface area contributed by atoms with Gasteiger partial charge in [-0.25, -0.2) is 0 Å². The van der Waals surface area contributed by atoms with Crippen molar-refractivity contribution in [3.8, 4) is 0 Å². The van der Waals surface area contributed by atoms with Gasteiger partial charge in [0.05, 0.1) is 6.20 Å². The Kier molecular flexibility index (Phi) is 5.14. The lowest BCUT2D eigenvalue weighted by molar-refractivity contribution is -0.124. The smallest absolute Gasteiger partial charge is 0.242 e. The van der Waals surface area contributed by atoms with Crippen LogP contribution < -0.4 is 10.6 Å². The van der Waals surface area contributed by atoms with E-state index in [2.05, 4.69) is 22.7 Å². The summed E-state index contributed by atoms with van der Waals surface area (Å²) in [4.78, 5) is 12.4. The first-order valence-corrected chi connectivity index (χ1v) is 7.15. The van der Waals surface area contributed by atoms with Crippen molar-refractivity contribution in [2.75, 3.05) is 20.3 Å². The number of likely N-dealkylation sites (N-methyl/N-ethyl adjacent to an activating group) is 1. The third-order valence-corrected chi connectivity index (χ3v) is 3.95. The number of ether oxygens (including phenoxy) is 1. The van der Waals surface area contributed by atoms with Crippen molar-refractivity contribution in [3.63, 3.8) is 0 Å². The Balaban J connectivity index is 1.94. The molecule has 0 saturated carbocycles. The summed E-state index contributed by atoms with van der Waals surface area (Å²) >= 11 is 0. The Morgan fingerprint density at radius 2 is 2.20 bits per heavy atom. The molecule has 1 amide bonds. The fourth-order valence-corrected chi connectivity index (χ4v) is 2.68. The summed E-state index contributed by atoms with van der Waals surface area (Å²) in [6, 6.07) is -0.190. The minimum atomic E-state index is -0.356. The molecule has 1 aromatic rings. The van der Waals surface area contributed by atoms with Crippen molar-refractivity contribution >= 4 is 5.91 Å². The van der Waals surface area contributed by atoms with E-state index < -0.39 is 0 Å². The van der Waals surface area contributed by atoms with Gasteiger partial charge >= 0.3 is 0 Å². The van der Waals surface area contributed by atoms with E-state index in [1.54, 1.807) is 17.9 Å². The molecule has 0 aliphatic carbocycles. The number of rotatable bonds is 5. The fourth-order valence-electron chi connectivity index (χ4n) is 2.68. The summed E-state index contributed by atoms with van der Waals surface area (Å²) in [6.45, 7) is 3.66. The van der Waals surface area contributed by atoms with E-state index >= 15 is 0 Å². The number of amides is 1. The van der Waals surface area contributed by atoms with Crippen molar-refractivity contribution < 1.29 is 9.53 Å². The van der Waals surface area contributed by atoms with Crippen molar-refractivity contribution in [3.05, 3.63) is 18.0 Å². The fraction of sp³-hybridized carbons (Fsp3) is 0.714. The number of hydrogen-bond donors (Lipinski definition) is 2. The molecule has 1 fully saturated rings. The lowest BCUT2D eigenvalue weighted by Gasteiger charge is -2.29. The third kappa shape index (κ3) is 3.58. The topological polar surface area (TPSA) is 68.2 Å². The Bertz CT molecular complexity index is 440. The van der Waals surface area contributed by atoms with Crippen molar-refractivity contribution in [2.24, 2.45) is 13.0 Å². The van der Waals surface area contributed by atoms with Gasteiger partial charge < -0.3 is 15.4 Å². The molecule has 1 aromatic heterocycles. The van der Waals surface area contributed by atoms with E-state index in [4.69, 9.17) is 4.74 Å². The normalized spacial score (nSPS) is 19.6. The van der Waals surface area contributed by atoms with Crippen LogP contribution in [0.25, 0.3) is 0 Å². The van der Waals surface area contributed by atoms with Crippen LogP contribution in [0.2, 0.25) is 0 Å². The maximum atomic E-state index is 12.4. The van der Waals surface area contributed by atoms with Crippen LogP contribution >= 0.6 is 0 Å². The Morgan fingerprint density at radius 3 is 2.75 bits per heavy atom. The number of aryl methyl sites for hydroxylation is 1. The second-order valence-corrected chi connectivity index (χ2v) is 5.42. The summed E-state index contributed by atoms with van der Waals surface area (Å²) in [7, 11) is 3.63. The van der Waals surface area contributed by atoms with Crippen LogP contribution in [0.4, 0.5) is 0 Å². The van der Waals surface area contributed by atoms with Gasteiger partial charge in [0, 0.05) is 38.1 Å². The van der Waals surface area contributed by atoms with Crippen molar-refractivity contribution in [1.82, 2.24) is 20.4 Å². The highest BCUT2D eigenvalue weighted by Gasteiger charge is 2.26. The molecule has 0 spiro atoms. The van der Waals surface area contributed by atoms with E-state index in [1.807, 2.05) is 13.2 Å². The van der Waals surface area contributed by atoms with Crippen LogP contribution in [0, 0.1) is 5.92 Å². The van der Waals surface area contributed by atoms with Gasteiger partial charge in [-0.05, 0) is 32.7 Å². The minimum Gasteiger partial charge on any atom is -0.381 e. The van der Waals surface area contributed by atoms with Crippen molar-refractivity contribution in [2.45, 2.75) is 31.8 Å². The third-order valence-electron chi connectivity index (χ3n) is 3.95. The maximum absolute atomic E-state index is 12.4. The largest absolute Gasteiger partial charge is 0.381 e. The highest BCUT2D eigenvalue weighted by Crippen LogP contribution is 2.19. The van der Waals surface area contributed by atoms with Crippen LogP contribution in [0.1, 0.15) is 31.4 Å². The number of aromatic nitrogens is 2. The Morgan fingerprint density at radius 1 is 1.50 bits per heavy atom. The molecule has 2 rings (SSSR count). The molecular formula is C14H24N4O2. The van der Waals surface area contributed by atoms with Crippen molar-refractivity contribution in [1.29, 1.82) is 0 Å². The predicted molar refractivity (Wildman–Crippen MR) is 76.2 cm³/mol. The molecule has 2 heterocycles. The summed E-state index contributed by atoms with van der Waals surface area (Å²) < 4.78 is 7.06. The van der Waals surface area contributed by atoms with Crippen LogP contribution in [0.15, 0.2) is 12.4 Å². The number of nitrogens with one attached hydrogen (secondary N) is 2. The molecule has 0 radical (unpaired) electrons. The molecule has 20 heavy (non-hydrogen) atoms. The van der Waals surface area contributed by atoms with Gasteiger partial charge in [-0.1, -0.05) is 0 Å². The number of carbonyl (C=O) groups excluding carboxylic acids is 1. The second-order valence-electron chi connectivity index (χ2n) is 5.42. The van der Waals surface area contributed by atoms with Crippen LogP contribution in [0.5, 0.6) is 0 Å². The first-order valence-electron chi connectivity index (χ1n) is 7.15. The molecule has 6 heteroatoms. The predicted octanol–water partition coefficient (Wildman–Crippen LogP) is 0.612. The zero-order valence-corrected chi connectivity index (χ0v) is 12.4. The zero-order chi connectivity index (χ0) is 14.5. The first-order chi connectivity index (χ1) is 9.61. The first kappa shape index (κ1) is 15.0. The number of carbonyl (C=O) groups is 1. The monoisotopic (exact) mass is 280 g/mol. The Hall–Kier alpha value is -1.40. The highest BCUT2D eigenvalue weighted by atomic mass is 16.5. The van der Waals surface area contributed by atoms with Gasteiger partial charge in [-0.15, -0.1) is 0 Å². The lowest BCUT2D eigenvalue weighted by Crippen LogP contribution is -2.44. The maximum Gasteiger partial charge on any atom is 0.242 e. The molecule has 1 aliphatic heterocycles. The van der Waals surface area contributed by atoms with Gasteiger partial charge in [-0.2, -0.15) is 5.10 Å².